The molecule has 0 saturated heterocycles. The molecule has 0 aromatic carbocycles. The van der Waals surface area contributed by atoms with Crippen LogP contribution in [0.5, 0.6) is 0 Å². The van der Waals surface area contributed by atoms with E-state index in [0.717, 1.165) is 12.8 Å². The van der Waals surface area contributed by atoms with Gasteiger partial charge in [-0.2, -0.15) is 0 Å². The van der Waals surface area contributed by atoms with Gasteiger partial charge < -0.3 is 16.2 Å². The predicted molar refractivity (Wildman–Crippen MR) is 68.9 cm³/mol. The first-order valence-electron chi connectivity index (χ1n) is 6.46. The van der Waals surface area contributed by atoms with Gasteiger partial charge in [-0.1, -0.05) is 20.8 Å². The summed E-state index contributed by atoms with van der Waals surface area (Å²) < 4.78 is 0. The van der Waals surface area contributed by atoms with Gasteiger partial charge in [0.2, 0.25) is 5.91 Å². The summed E-state index contributed by atoms with van der Waals surface area (Å²) in [5.74, 6) is -1.12. The Morgan fingerprint density at radius 2 is 1.94 bits per heavy atom. The Hall–Kier alpha value is -1.10. The van der Waals surface area contributed by atoms with Crippen LogP contribution in [0.3, 0.4) is 0 Å². The molecule has 1 aliphatic carbocycles. The molecule has 1 saturated carbocycles. The second-order valence-electron chi connectivity index (χ2n) is 5.97. The van der Waals surface area contributed by atoms with Crippen molar-refractivity contribution in [3.05, 3.63) is 0 Å². The first-order chi connectivity index (χ1) is 8.17. The van der Waals surface area contributed by atoms with Crippen LogP contribution in [-0.4, -0.2) is 29.1 Å². The molecule has 1 aliphatic rings. The van der Waals surface area contributed by atoms with E-state index in [9.17, 15) is 9.59 Å². The topological polar surface area (TPSA) is 92.4 Å². The van der Waals surface area contributed by atoms with E-state index in [-0.39, 0.29) is 29.2 Å². The quantitative estimate of drug-likeness (QED) is 0.701. The molecule has 4 unspecified atom stereocenters. The van der Waals surface area contributed by atoms with Crippen LogP contribution >= 0.6 is 0 Å². The number of nitrogens with two attached hydrogens (primary N) is 1. The molecule has 0 aromatic rings. The molecule has 0 aliphatic heterocycles. The summed E-state index contributed by atoms with van der Waals surface area (Å²) in [5.41, 5.74) is 5.83. The van der Waals surface area contributed by atoms with Gasteiger partial charge in [0.25, 0.3) is 0 Å². The van der Waals surface area contributed by atoms with Gasteiger partial charge in [0.05, 0.1) is 0 Å². The van der Waals surface area contributed by atoms with Crippen LogP contribution in [0.1, 0.15) is 40.5 Å². The summed E-state index contributed by atoms with van der Waals surface area (Å²) >= 11 is 0. The number of nitrogens with one attached hydrogen (secondary N) is 1. The molecule has 0 spiro atoms. The van der Waals surface area contributed by atoms with E-state index < -0.39 is 12.0 Å². The molecule has 5 nitrogen and oxygen atoms in total. The highest BCUT2D eigenvalue weighted by Crippen LogP contribution is 2.44. The highest BCUT2D eigenvalue weighted by atomic mass is 16.4. The summed E-state index contributed by atoms with van der Waals surface area (Å²) in [6.45, 7) is 7.61. The minimum Gasteiger partial charge on any atom is -0.480 e. The normalized spacial score (nSPS) is 32.6. The highest BCUT2D eigenvalue weighted by Gasteiger charge is 2.45. The smallest absolute Gasteiger partial charge is 0.325 e. The van der Waals surface area contributed by atoms with Crippen LogP contribution in [-0.2, 0) is 9.59 Å². The Bertz CT molecular complexity index is 341. The third kappa shape index (κ3) is 2.83. The maximum atomic E-state index is 12.2. The lowest BCUT2D eigenvalue weighted by molar-refractivity contribution is -0.143. The van der Waals surface area contributed by atoms with E-state index >= 15 is 0 Å². The van der Waals surface area contributed by atoms with Crippen LogP contribution in [0.2, 0.25) is 0 Å². The Kier molecular flexibility index (Phi) is 4.37. The van der Waals surface area contributed by atoms with Crippen molar-refractivity contribution in [1.82, 2.24) is 5.32 Å². The lowest BCUT2D eigenvalue weighted by Crippen LogP contribution is -2.53. The second kappa shape index (κ2) is 5.26. The standard InChI is InChI=1S/C13H24N2O3/c1-7-10(14)6-5-9(13(7,3)4)11(16)15-8(2)12(17)18/h7-10H,5-6,14H2,1-4H3,(H,15,16)(H,17,18). The highest BCUT2D eigenvalue weighted by molar-refractivity contribution is 5.85. The average Bonchev–Trinajstić information content (AvgIpc) is 2.25. The van der Waals surface area contributed by atoms with Gasteiger partial charge in [0.15, 0.2) is 0 Å². The number of aliphatic carboxylic acids is 1. The van der Waals surface area contributed by atoms with Gasteiger partial charge >= 0.3 is 5.97 Å². The molecule has 1 amide bonds. The van der Waals surface area contributed by atoms with Gasteiger partial charge in [-0.05, 0) is 31.1 Å². The number of carbonyl (C=O) groups excluding carboxylic acids is 1. The van der Waals surface area contributed by atoms with Crippen molar-refractivity contribution in [2.24, 2.45) is 23.0 Å². The molecule has 0 aromatic heterocycles. The first kappa shape index (κ1) is 15.0. The Labute approximate surface area is 108 Å². The molecule has 4 atom stereocenters. The van der Waals surface area contributed by atoms with Gasteiger partial charge in [-0.25, -0.2) is 0 Å². The van der Waals surface area contributed by atoms with Crippen LogP contribution in [0.4, 0.5) is 0 Å². The van der Waals surface area contributed by atoms with Crippen molar-refractivity contribution >= 4 is 11.9 Å². The molecule has 5 heteroatoms. The number of carbonyl (C=O) groups is 2. The van der Waals surface area contributed by atoms with Crippen molar-refractivity contribution in [1.29, 1.82) is 0 Å². The second-order valence-corrected chi connectivity index (χ2v) is 5.97. The minimum atomic E-state index is -1.01. The summed E-state index contributed by atoms with van der Waals surface area (Å²) in [6.07, 6.45) is 1.53. The van der Waals surface area contributed by atoms with Gasteiger partial charge in [-0.15, -0.1) is 0 Å². The lowest BCUT2D eigenvalue weighted by atomic mass is 9.61. The molecule has 104 valence electrons. The van der Waals surface area contributed by atoms with Crippen LogP contribution < -0.4 is 11.1 Å². The summed E-state index contributed by atoms with van der Waals surface area (Å²) in [6, 6.07) is -0.736. The van der Waals surface area contributed by atoms with Gasteiger partial charge in [0.1, 0.15) is 6.04 Å². The first-order valence-corrected chi connectivity index (χ1v) is 6.46. The molecule has 18 heavy (non-hydrogen) atoms. The van der Waals surface area contributed by atoms with Crippen molar-refractivity contribution in [2.75, 3.05) is 0 Å². The number of carboxylic acid groups (broad SMARTS) is 1. The summed E-state index contributed by atoms with van der Waals surface area (Å²) in [7, 11) is 0. The van der Waals surface area contributed by atoms with Crippen molar-refractivity contribution in [3.63, 3.8) is 0 Å². The van der Waals surface area contributed by atoms with Crippen molar-refractivity contribution in [3.8, 4) is 0 Å². The fourth-order valence-corrected chi connectivity index (χ4v) is 2.69. The zero-order valence-electron chi connectivity index (χ0n) is 11.6. The zero-order valence-corrected chi connectivity index (χ0v) is 11.6. The number of hydrogen-bond acceptors (Lipinski definition) is 3. The average molecular weight is 256 g/mol. The summed E-state index contributed by atoms with van der Waals surface area (Å²) in [5, 5.41) is 11.4. The van der Waals surface area contributed by atoms with E-state index in [2.05, 4.69) is 12.2 Å². The number of amides is 1. The van der Waals surface area contributed by atoms with Crippen molar-refractivity contribution in [2.45, 2.75) is 52.6 Å². The minimum absolute atomic E-state index is 0.112. The Morgan fingerprint density at radius 3 is 2.44 bits per heavy atom. The van der Waals surface area contributed by atoms with E-state index in [4.69, 9.17) is 10.8 Å². The molecule has 4 N–H and O–H groups in total. The van der Waals surface area contributed by atoms with Gasteiger partial charge in [0, 0.05) is 12.0 Å². The lowest BCUT2D eigenvalue weighted by Gasteiger charge is -2.46. The van der Waals surface area contributed by atoms with Crippen molar-refractivity contribution < 1.29 is 14.7 Å². The maximum absolute atomic E-state index is 12.2. The van der Waals surface area contributed by atoms with Crippen LogP contribution in [0.25, 0.3) is 0 Å². The SMILES string of the molecule is CC(NC(=O)C1CCC(N)C(C)C1(C)C)C(=O)O. The number of rotatable bonds is 3. The third-order valence-corrected chi connectivity index (χ3v) is 4.55. The van der Waals surface area contributed by atoms with E-state index in [0.29, 0.717) is 0 Å². The molecule has 1 fully saturated rings. The largest absolute Gasteiger partial charge is 0.480 e. The van der Waals surface area contributed by atoms with Crippen LogP contribution in [0, 0.1) is 17.3 Å². The monoisotopic (exact) mass is 256 g/mol. The molecule has 0 bridgehead atoms. The number of hydrogen-bond donors (Lipinski definition) is 3. The van der Waals surface area contributed by atoms with E-state index in [1.165, 1.54) is 6.92 Å². The fraction of sp³-hybridized carbons (Fsp3) is 0.846. The van der Waals surface area contributed by atoms with E-state index in [1.54, 1.807) is 0 Å². The molecule has 0 radical (unpaired) electrons. The van der Waals surface area contributed by atoms with Crippen LogP contribution in [0.15, 0.2) is 0 Å². The Morgan fingerprint density at radius 1 is 1.39 bits per heavy atom. The molecule has 0 heterocycles. The van der Waals surface area contributed by atoms with E-state index in [1.807, 2.05) is 13.8 Å². The van der Waals surface area contributed by atoms with Gasteiger partial charge in [-0.3, -0.25) is 9.59 Å². The third-order valence-electron chi connectivity index (χ3n) is 4.55. The summed E-state index contributed by atoms with van der Waals surface area (Å²) in [4.78, 5) is 22.9. The zero-order chi connectivity index (χ0) is 14.1. The maximum Gasteiger partial charge on any atom is 0.325 e. The number of carboxylic acids is 1. The Balaban J connectivity index is 2.77. The molecular formula is C13H24N2O3. The predicted octanol–water partition coefficient (Wildman–Crippen LogP) is 0.975. The molecular weight excluding hydrogens is 232 g/mol. The fourth-order valence-electron chi connectivity index (χ4n) is 2.69. The molecule has 1 rings (SSSR count).